The van der Waals surface area contributed by atoms with Crippen molar-refractivity contribution >= 4 is 33.9 Å². The molecule has 3 heterocycles. The van der Waals surface area contributed by atoms with Crippen molar-refractivity contribution in [2.45, 2.75) is 58.8 Å². The van der Waals surface area contributed by atoms with Gasteiger partial charge in [0.1, 0.15) is 11.4 Å². The zero-order chi connectivity index (χ0) is 25.6. The average Bonchev–Trinajstić information content (AvgIpc) is 3.34. The molecule has 3 amide bonds. The minimum atomic E-state index is -1.26. The highest BCUT2D eigenvalue weighted by molar-refractivity contribution is 6.09. The van der Waals surface area contributed by atoms with Crippen LogP contribution in [0.5, 0.6) is 0 Å². The van der Waals surface area contributed by atoms with Crippen molar-refractivity contribution in [2.24, 2.45) is 0 Å². The molecule has 10 nitrogen and oxygen atoms in total. The van der Waals surface area contributed by atoms with E-state index >= 15 is 0 Å². The van der Waals surface area contributed by atoms with Crippen LogP contribution in [0.1, 0.15) is 45.0 Å². The van der Waals surface area contributed by atoms with Crippen LogP contribution < -0.4 is 16.6 Å². The number of H-pyrrole nitrogens is 1. The van der Waals surface area contributed by atoms with Gasteiger partial charge in [-0.05, 0) is 36.6 Å². The van der Waals surface area contributed by atoms with E-state index in [0.29, 0.717) is 24.5 Å². The van der Waals surface area contributed by atoms with Gasteiger partial charge in [-0.25, -0.2) is 14.6 Å². The SMILES string of the molecule is CCCCn1c(=O)[nH]c(=O)c2c1nc(CN1C(=O)NC(C)(c3cccc4ccccc34)C1=O)n2CC. The highest BCUT2D eigenvalue weighted by atomic mass is 16.2. The third-order valence-corrected chi connectivity index (χ3v) is 6.92. The molecule has 0 radical (unpaired) electrons. The lowest BCUT2D eigenvalue weighted by atomic mass is 9.88. The molecule has 1 aliphatic heterocycles. The Hall–Kier alpha value is -4.21. The lowest BCUT2D eigenvalue weighted by Crippen LogP contribution is -2.41. The van der Waals surface area contributed by atoms with Gasteiger partial charge in [0.15, 0.2) is 11.2 Å². The molecule has 0 saturated carbocycles. The Morgan fingerprint density at radius 3 is 2.47 bits per heavy atom. The third kappa shape index (κ3) is 3.52. The summed E-state index contributed by atoms with van der Waals surface area (Å²) in [6.45, 7) is 6.21. The number of fused-ring (bicyclic) bond motifs is 2. The van der Waals surface area contributed by atoms with Gasteiger partial charge in [0.25, 0.3) is 11.5 Å². The summed E-state index contributed by atoms with van der Waals surface area (Å²) in [4.78, 5) is 60.1. The summed E-state index contributed by atoms with van der Waals surface area (Å²) in [7, 11) is 0. The third-order valence-electron chi connectivity index (χ3n) is 6.92. The van der Waals surface area contributed by atoms with Gasteiger partial charge in [-0.1, -0.05) is 55.8 Å². The number of aromatic nitrogens is 4. The van der Waals surface area contributed by atoms with Gasteiger partial charge in [-0.2, -0.15) is 0 Å². The highest BCUT2D eigenvalue weighted by Crippen LogP contribution is 2.34. The van der Waals surface area contributed by atoms with E-state index in [-0.39, 0.29) is 17.7 Å². The molecule has 1 unspecified atom stereocenters. The molecule has 186 valence electrons. The van der Waals surface area contributed by atoms with Gasteiger partial charge in [0.2, 0.25) is 0 Å². The normalized spacial score (nSPS) is 17.9. The van der Waals surface area contributed by atoms with Crippen molar-refractivity contribution in [3.05, 3.63) is 74.7 Å². The minimum absolute atomic E-state index is 0.130. The number of urea groups is 1. The van der Waals surface area contributed by atoms with E-state index in [1.165, 1.54) is 4.57 Å². The minimum Gasteiger partial charge on any atom is -0.321 e. The molecule has 10 heteroatoms. The molecular formula is C26H28N6O4. The summed E-state index contributed by atoms with van der Waals surface area (Å²) in [5.41, 5.74) is -1.10. The Balaban J connectivity index is 1.58. The molecule has 0 aliphatic carbocycles. The van der Waals surface area contributed by atoms with E-state index in [4.69, 9.17) is 0 Å². The molecule has 0 spiro atoms. The molecule has 1 aliphatic rings. The summed E-state index contributed by atoms with van der Waals surface area (Å²) in [5.74, 6) is -0.0460. The Morgan fingerprint density at radius 2 is 1.72 bits per heavy atom. The Labute approximate surface area is 206 Å². The molecule has 5 rings (SSSR count). The molecule has 4 aromatic rings. The fraction of sp³-hybridized carbons (Fsp3) is 0.346. The topological polar surface area (TPSA) is 122 Å². The smallest absolute Gasteiger partial charge is 0.321 e. The lowest BCUT2D eigenvalue weighted by molar-refractivity contribution is -0.131. The van der Waals surface area contributed by atoms with Crippen molar-refractivity contribution in [1.29, 1.82) is 0 Å². The van der Waals surface area contributed by atoms with Crippen LogP contribution in [0, 0.1) is 0 Å². The number of hydrogen-bond acceptors (Lipinski definition) is 5. The van der Waals surface area contributed by atoms with Crippen molar-refractivity contribution in [1.82, 2.24) is 29.3 Å². The maximum atomic E-state index is 13.7. The van der Waals surface area contributed by atoms with E-state index in [1.807, 2.05) is 56.3 Å². The van der Waals surface area contributed by atoms with Crippen LogP contribution in [-0.2, 0) is 30.0 Å². The second kappa shape index (κ2) is 8.78. The van der Waals surface area contributed by atoms with Gasteiger partial charge >= 0.3 is 11.7 Å². The van der Waals surface area contributed by atoms with E-state index in [9.17, 15) is 19.2 Å². The number of amides is 3. The van der Waals surface area contributed by atoms with Gasteiger partial charge < -0.3 is 9.88 Å². The number of imide groups is 1. The summed E-state index contributed by atoms with van der Waals surface area (Å²) in [6, 6.07) is 12.8. The predicted molar refractivity (Wildman–Crippen MR) is 136 cm³/mol. The Morgan fingerprint density at radius 1 is 0.972 bits per heavy atom. The van der Waals surface area contributed by atoms with E-state index in [1.54, 1.807) is 11.5 Å². The van der Waals surface area contributed by atoms with Crippen LogP contribution in [0.3, 0.4) is 0 Å². The summed E-state index contributed by atoms with van der Waals surface area (Å²) in [6.07, 6.45) is 1.61. The summed E-state index contributed by atoms with van der Waals surface area (Å²) in [5, 5.41) is 4.71. The summed E-state index contributed by atoms with van der Waals surface area (Å²) >= 11 is 0. The molecule has 1 saturated heterocycles. The molecule has 2 aromatic carbocycles. The molecule has 1 atom stereocenters. The largest absolute Gasteiger partial charge is 0.330 e. The molecule has 2 aromatic heterocycles. The van der Waals surface area contributed by atoms with Gasteiger partial charge in [-0.15, -0.1) is 0 Å². The van der Waals surface area contributed by atoms with Crippen molar-refractivity contribution < 1.29 is 9.59 Å². The van der Waals surface area contributed by atoms with Gasteiger partial charge in [-0.3, -0.25) is 24.0 Å². The molecule has 0 bridgehead atoms. The highest BCUT2D eigenvalue weighted by Gasteiger charge is 2.50. The number of carbonyl (C=O) groups excluding carboxylic acids is 2. The number of benzene rings is 2. The van der Waals surface area contributed by atoms with Crippen molar-refractivity contribution in [2.75, 3.05) is 0 Å². The zero-order valence-corrected chi connectivity index (χ0v) is 20.5. The number of aryl methyl sites for hydroxylation is 2. The van der Waals surface area contributed by atoms with Crippen LogP contribution in [-0.4, -0.2) is 35.9 Å². The van der Waals surface area contributed by atoms with Crippen LogP contribution in [0.15, 0.2) is 52.1 Å². The number of aromatic amines is 1. The fourth-order valence-electron chi connectivity index (χ4n) is 5.03. The molecule has 36 heavy (non-hydrogen) atoms. The summed E-state index contributed by atoms with van der Waals surface area (Å²) < 4.78 is 3.10. The quantitative estimate of drug-likeness (QED) is 0.388. The van der Waals surface area contributed by atoms with Gasteiger partial charge in [0, 0.05) is 13.1 Å². The van der Waals surface area contributed by atoms with E-state index in [2.05, 4.69) is 15.3 Å². The van der Waals surface area contributed by atoms with E-state index < -0.39 is 28.7 Å². The van der Waals surface area contributed by atoms with Crippen LogP contribution in [0.4, 0.5) is 4.79 Å². The first-order chi connectivity index (χ1) is 17.3. The van der Waals surface area contributed by atoms with Crippen LogP contribution >= 0.6 is 0 Å². The van der Waals surface area contributed by atoms with Crippen LogP contribution in [0.2, 0.25) is 0 Å². The number of nitrogens with one attached hydrogen (secondary N) is 2. The van der Waals surface area contributed by atoms with Crippen molar-refractivity contribution in [3.8, 4) is 0 Å². The number of imidazole rings is 1. The number of nitrogens with zero attached hydrogens (tertiary/aromatic N) is 4. The molecular weight excluding hydrogens is 460 g/mol. The number of unbranched alkanes of at least 4 members (excludes halogenated alkanes) is 1. The monoisotopic (exact) mass is 488 g/mol. The number of carbonyl (C=O) groups is 2. The lowest BCUT2D eigenvalue weighted by Gasteiger charge is -2.24. The van der Waals surface area contributed by atoms with E-state index in [0.717, 1.165) is 28.5 Å². The maximum absolute atomic E-state index is 13.7. The second-order valence-corrected chi connectivity index (χ2v) is 9.18. The Kier molecular flexibility index (Phi) is 5.74. The molecule has 2 N–H and O–H groups in total. The first-order valence-corrected chi connectivity index (χ1v) is 12.1. The maximum Gasteiger partial charge on any atom is 0.330 e. The van der Waals surface area contributed by atoms with Crippen LogP contribution in [0.25, 0.3) is 21.9 Å². The number of hydrogen-bond donors (Lipinski definition) is 2. The average molecular weight is 489 g/mol. The van der Waals surface area contributed by atoms with Crippen molar-refractivity contribution in [3.63, 3.8) is 0 Å². The fourth-order valence-corrected chi connectivity index (χ4v) is 5.03. The van der Waals surface area contributed by atoms with Gasteiger partial charge in [0.05, 0.1) is 6.54 Å². The predicted octanol–water partition coefficient (Wildman–Crippen LogP) is 2.83. The molecule has 1 fully saturated rings. The first-order valence-electron chi connectivity index (χ1n) is 12.1. The number of rotatable bonds is 7. The Bertz CT molecular complexity index is 1630. The zero-order valence-electron chi connectivity index (χ0n) is 20.5. The first kappa shape index (κ1) is 23.5. The standard InChI is InChI=1S/C26H28N6O4/c1-4-6-14-31-21-20(22(33)28-24(31)35)30(5-2)19(27-21)15-32-23(34)26(3,29-25(32)36)18-13-9-11-16-10-7-8-12-17(16)18/h7-13H,4-6,14-15H2,1-3H3,(H,29,36)(H,28,33,35). The second-order valence-electron chi connectivity index (χ2n) is 9.18.